The summed E-state index contributed by atoms with van der Waals surface area (Å²) in [6, 6.07) is 7.48. The van der Waals surface area contributed by atoms with E-state index in [9.17, 15) is 14.9 Å². The number of non-ortho nitro benzene ring substituents is 1. The Hall–Kier alpha value is -2.16. The van der Waals surface area contributed by atoms with E-state index >= 15 is 0 Å². The van der Waals surface area contributed by atoms with Gasteiger partial charge in [-0.3, -0.25) is 14.9 Å². The zero-order chi connectivity index (χ0) is 16.6. The molecule has 2 aromatic rings. The van der Waals surface area contributed by atoms with Crippen molar-refractivity contribution in [2.75, 3.05) is 0 Å². The molecule has 0 radical (unpaired) electrons. The van der Waals surface area contributed by atoms with Crippen LogP contribution in [0, 0.1) is 10.1 Å². The lowest BCUT2D eigenvalue weighted by molar-refractivity contribution is -0.384. The molecule has 23 heavy (non-hydrogen) atoms. The Morgan fingerprint density at radius 2 is 2.13 bits per heavy atom. The van der Waals surface area contributed by atoms with Crippen molar-refractivity contribution < 1.29 is 14.1 Å². The van der Waals surface area contributed by atoms with Crippen molar-refractivity contribution in [3.63, 3.8) is 0 Å². The van der Waals surface area contributed by atoms with E-state index in [0.717, 1.165) is 11.8 Å². The Balaban J connectivity index is 1.91. The lowest BCUT2D eigenvalue weighted by Gasteiger charge is -2.00. The maximum absolute atomic E-state index is 11.6. The molecule has 1 aliphatic rings. The first kappa shape index (κ1) is 15.7. The fourth-order valence-corrected chi connectivity index (χ4v) is 3.24. The van der Waals surface area contributed by atoms with Gasteiger partial charge >= 0.3 is 0 Å². The van der Waals surface area contributed by atoms with Gasteiger partial charge in [-0.05, 0) is 18.2 Å². The molecule has 0 atom stereocenters. The van der Waals surface area contributed by atoms with E-state index < -0.39 is 4.92 Å². The SMILES string of the molecule is O=C1NC(=S)SC1=Cc1ccc(-c2ccc([N+](=O)[O-])cc2Cl)o1. The molecule has 0 spiro atoms. The van der Waals surface area contributed by atoms with Gasteiger partial charge in [-0.2, -0.15) is 0 Å². The topological polar surface area (TPSA) is 85.4 Å². The van der Waals surface area contributed by atoms with Crippen molar-refractivity contribution in [2.24, 2.45) is 0 Å². The molecule has 1 aromatic heterocycles. The third kappa shape index (κ3) is 3.29. The molecule has 0 aliphatic carbocycles. The number of benzene rings is 1. The van der Waals surface area contributed by atoms with Gasteiger partial charge < -0.3 is 9.73 Å². The summed E-state index contributed by atoms with van der Waals surface area (Å²) in [5.41, 5.74) is 0.432. The van der Waals surface area contributed by atoms with Crippen molar-refractivity contribution in [1.29, 1.82) is 0 Å². The standard InChI is InChI=1S/C14H7ClN2O4S2/c15-10-5-7(17(19)20)1-3-9(10)11-4-2-8(21-11)6-12-13(18)16-14(22)23-12/h1-6H,(H,16,18,22). The van der Waals surface area contributed by atoms with E-state index in [1.54, 1.807) is 18.2 Å². The van der Waals surface area contributed by atoms with Crippen LogP contribution < -0.4 is 5.32 Å². The van der Waals surface area contributed by atoms with Crippen LogP contribution in [0.5, 0.6) is 0 Å². The number of furan rings is 1. The summed E-state index contributed by atoms with van der Waals surface area (Å²) in [5.74, 6) is 0.630. The molecule has 1 amide bonds. The van der Waals surface area contributed by atoms with Crippen LogP contribution in [0.25, 0.3) is 17.4 Å². The molecule has 1 fully saturated rings. The van der Waals surface area contributed by atoms with Crippen molar-refractivity contribution in [2.45, 2.75) is 0 Å². The van der Waals surface area contributed by atoms with Crippen molar-refractivity contribution in [3.05, 3.63) is 56.1 Å². The molecule has 1 N–H and O–H groups in total. The monoisotopic (exact) mass is 366 g/mol. The number of carbonyl (C=O) groups excluding carboxylic acids is 1. The summed E-state index contributed by atoms with van der Waals surface area (Å²) >= 11 is 12.1. The predicted octanol–water partition coefficient (Wildman–Crippen LogP) is 4.00. The lowest BCUT2D eigenvalue weighted by atomic mass is 10.1. The van der Waals surface area contributed by atoms with E-state index in [0.29, 0.717) is 26.3 Å². The smallest absolute Gasteiger partial charge is 0.270 e. The van der Waals surface area contributed by atoms with E-state index in [4.69, 9.17) is 28.2 Å². The van der Waals surface area contributed by atoms with Crippen LogP contribution in [0.3, 0.4) is 0 Å². The van der Waals surface area contributed by atoms with E-state index in [2.05, 4.69) is 5.32 Å². The molecule has 6 nitrogen and oxygen atoms in total. The first-order chi connectivity index (χ1) is 10.9. The zero-order valence-electron chi connectivity index (χ0n) is 11.2. The first-order valence-electron chi connectivity index (χ1n) is 6.23. The third-order valence-corrected chi connectivity index (χ3v) is 4.45. The number of thiocarbonyl (C=S) groups is 1. The predicted molar refractivity (Wildman–Crippen MR) is 92.1 cm³/mol. The summed E-state index contributed by atoms with van der Waals surface area (Å²) in [5, 5.41) is 13.4. The van der Waals surface area contributed by atoms with Gasteiger partial charge in [0.1, 0.15) is 15.8 Å². The number of carbonyl (C=O) groups is 1. The van der Waals surface area contributed by atoms with Crippen LogP contribution in [0.2, 0.25) is 5.02 Å². The summed E-state index contributed by atoms with van der Waals surface area (Å²) in [6.45, 7) is 0. The van der Waals surface area contributed by atoms with Gasteiger partial charge in [0.2, 0.25) is 0 Å². The summed E-state index contributed by atoms with van der Waals surface area (Å²) in [6.07, 6.45) is 1.57. The highest BCUT2D eigenvalue weighted by molar-refractivity contribution is 8.26. The third-order valence-electron chi connectivity index (χ3n) is 2.97. The van der Waals surface area contributed by atoms with Crippen LogP contribution in [-0.2, 0) is 4.79 Å². The largest absolute Gasteiger partial charge is 0.457 e. The second kappa shape index (κ2) is 6.15. The number of rotatable bonds is 3. The first-order valence-corrected chi connectivity index (χ1v) is 7.83. The van der Waals surface area contributed by atoms with Gasteiger partial charge in [0.05, 0.1) is 14.9 Å². The normalized spacial score (nSPS) is 16.0. The maximum Gasteiger partial charge on any atom is 0.270 e. The number of amides is 1. The fraction of sp³-hybridized carbons (Fsp3) is 0. The molecule has 0 bridgehead atoms. The second-order valence-corrected chi connectivity index (χ2v) is 6.60. The Bertz CT molecular complexity index is 875. The maximum atomic E-state index is 11.6. The Morgan fingerprint density at radius 1 is 1.35 bits per heavy atom. The highest BCUT2D eigenvalue weighted by Gasteiger charge is 2.22. The van der Waals surface area contributed by atoms with Crippen LogP contribution in [0.1, 0.15) is 5.76 Å². The number of hydrogen-bond acceptors (Lipinski definition) is 6. The highest BCUT2D eigenvalue weighted by atomic mass is 35.5. The second-order valence-electron chi connectivity index (χ2n) is 4.48. The zero-order valence-corrected chi connectivity index (χ0v) is 13.6. The fourth-order valence-electron chi connectivity index (χ4n) is 1.94. The minimum atomic E-state index is -0.521. The molecule has 1 aromatic carbocycles. The van der Waals surface area contributed by atoms with Crippen LogP contribution >= 0.6 is 35.6 Å². The molecule has 9 heteroatoms. The molecule has 1 saturated heterocycles. The van der Waals surface area contributed by atoms with E-state index in [1.807, 2.05) is 0 Å². The highest BCUT2D eigenvalue weighted by Crippen LogP contribution is 2.33. The van der Waals surface area contributed by atoms with Crippen molar-refractivity contribution in [1.82, 2.24) is 5.32 Å². The van der Waals surface area contributed by atoms with Gasteiger partial charge in [0, 0.05) is 23.8 Å². The van der Waals surface area contributed by atoms with Gasteiger partial charge in [-0.25, -0.2) is 0 Å². The van der Waals surface area contributed by atoms with E-state index in [-0.39, 0.29) is 16.6 Å². The minimum absolute atomic E-state index is 0.0970. The minimum Gasteiger partial charge on any atom is -0.457 e. The van der Waals surface area contributed by atoms with Crippen LogP contribution in [0.15, 0.2) is 39.7 Å². The number of thioether (sulfide) groups is 1. The molecule has 116 valence electrons. The molecular formula is C14H7ClN2O4S2. The Morgan fingerprint density at radius 3 is 2.74 bits per heavy atom. The van der Waals surface area contributed by atoms with Gasteiger partial charge in [0.15, 0.2) is 0 Å². The molecule has 3 rings (SSSR count). The number of hydrogen-bond donors (Lipinski definition) is 1. The molecule has 2 heterocycles. The van der Waals surface area contributed by atoms with E-state index in [1.165, 1.54) is 18.2 Å². The molecule has 1 aliphatic heterocycles. The number of nitro benzene ring substituents is 1. The van der Waals surface area contributed by atoms with Gasteiger partial charge in [-0.15, -0.1) is 0 Å². The van der Waals surface area contributed by atoms with Crippen LogP contribution in [-0.4, -0.2) is 15.2 Å². The molecular weight excluding hydrogens is 360 g/mol. The summed E-state index contributed by atoms with van der Waals surface area (Å²) in [4.78, 5) is 22.2. The number of nitro groups is 1. The lowest BCUT2D eigenvalue weighted by Crippen LogP contribution is -2.17. The number of nitrogens with one attached hydrogen (secondary N) is 1. The number of nitrogens with zero attached hydrogens (tertiary/aromatic N) is 1. The Labute approximate surface area is 144 Å². The van der Waals surface area contributed by atoms with Gasteiger partial charge in [0.25, 0.3) is 11.6 Å². The average Bonchev–Trinajstić information content (AvgIpc) is 3.06. The van der Waals surface area contributed by atoms with Crippen LogP contribution in [0.4, 0.5) is 5.69 Å². The summed E-state index contributed by atoms with van der Waals surface area (Å²) in [7, 11) is 0. The average molecular weight is 367 g/mol. The van der Waals surface area contributed by atoms with Crippen molar-refractivity contribution in [3.8, 4) is 11.3 Å². The Kier molecular flexibility index (Phi) is 4.20. The van der Waals surface area contributed by atoms with Crippen molar-refractivity contribution >= 4 is 57.6 Å². The quantitative estimate of drug-likeness (QED) is 0.382. The molecule has 0 unspecified atom stereocenters. The van der Waals surface area contributed by atoms with Gasteiger partial charge in [-0.1, -0.05) is 35.6 Å². The summed E-state index contributed by atoms with van der Waals surface area (Å²) < 4.78 is 6.02. The molecule has 0 saturated carbocycles. The number of halogens is 1.